The lowest BCUT2D eigenvalue weighted by molar-refractivity contribution is -0.121. The Kier molecular flexibility index (Phi) is 7.28. The SMILES string of the molecule is COc1ccc(NC(=O)[C@@H]2Cc3ccccc3N3CCN(CCOc4ccccc4)C[C@@H]23)cc1OC. The van der Waals surface area contributed by atoms with E-state index < -0.39 is 0 Å². The number of carbonyl (C=O) groups excluding carboxylic acids is 1. The molecule has 2 atom stereocenters. The van der Waals surface area contributed by atoms with Crippen LogP contribution in [0.5, 0.6) is 17.2 Å². The second-order valence-corrected chi connectivity index (χ2v) is 9.22. The number of hydrogen-bond acceptors (Lipinski definition) is 6. The number of methoxy groups -OCH3 is 2. The number of carbonyl (C=O) groups is 1. The fourth-order valence-corrected chi connectivity index (χ4v) is 5.28. The van der Waals surface area contributed by atoms with E-state index in [0.29, 0.717) is 30.2 Å². The van der Waals surface area contributed by atoms with Crippen molar-refractivity contribution in [1.82, 2.24) is 4.90 Å². The molecule has 0 spiro atoms. The van der Waals surface area contributed by atoms with Crippen LogP contribution >= 0.6 is 0 Å². The molecule has 2 aliphatic heterocycles. The highest BCUT2D eigenvalue weighted by Crippen LogP contribution is 2.37. The first-order chi connectivity index (χ1) is 17.7. The molecule has 0 aromatic heterocycles. The van der Waals surface area contributed by atoms with Crippen molar-refractivity contribution in [3.63, 3.8) is 0 Å². The molecule has 5 rings (SSSR count). The summed E-state index contributed by atoms with van der Waals surface area (Å²) in [5.74, 6) is 1.96. The van der Waals surface area contributed by atoms with Crippen LogP contribution in [-0.4, -0.2) is 63.9 Å². The zero-order valence-corrected chi connectivity index (χ0v) is 20.9. The summed E-state index contributed by atoms with van der Waals surface area (Å²) < 4.78 is 16.7. The summed E-state index contributed by atoms with van der Waals surface area (Å²) >= 11 is 0. The highest BCUT2D eigenvalue weighted by molar-refractivity contribution is 5.94. The standard InChI is InChI=1S/C29H33N3O4/c1-34-27-13-12-22(19-28(27)35-2)30-29(33)24-18-21-8-6-7-11-25(21)32-15-14-31(20-26(24)32)16-17-36-23-9-4-3-5-10-23/h3-13,19,24,26H,14-18,20H2,1-2H3,(H,30,33)/t24-,26+/m1/s1. The number of ether oxygens (including phenoxy) is 3. The number of fused-ring (bicyclic) bond motifs is 3. The van der Waals surface area contributed by atoms with Gasteiger partial charge in [0.05, 0.1) is 26.2 Å². The Bertz CT molecular complexity index is 1190. The monoisotopic (exact) mass is 487 g/mol. The Hall–Kier alpha value is -3.71. The van der Waals surface area contributed by atoms with Crippen molar-refractivity contribution in [2.45, 2.75) is 12.5 Å². The molecule has 0 saturated carbocycles. The van der Waals surface area contributed by atoms with E-state index in [1.807, 2.05) is 42.5 Å². The zero-order chi connectivity index (χ0) is 24.9. The minimum absolute atomic E-state index is 0.0223. The van der Waals surface area contributed by atoms with Crippen molar-refractivity contribution in [1.29, 1.82) is 0 Å². The fourth-order valence-electron chi connectivity index (χ4n) is 5.28. The number of benzene rings is 3. The van der Waals surface area contributed by atoms with Gasteiger partial charge >= 0.3 is 0 Å². The molecule has 3 aromatic carbocycles. The molecule has 0 bridgehead atoms. The highest BCUT2D eigenvalue weighted by atomic mass is 16.5. The largest absolute Gasteiger partial charge is 0.493 e. The van der Waals surface area contributed by atoms with Crippen LogP contribution in [0.4, 0.5) is 11.4 Å². The number of amides is 1. The Labute approximate surface area is 212 Å². The first-order valence-electron chi connectivity index (χ1n) is 12.4. The van der Waals surface area contributed by atoms with Gasteiger partial charge in [-0.3, -0.25) is 9.69 Å². The quantitative estimate of drug-likeness (QED) is 0.517. The van der Waals surface area contributed by atoms with Gasteiger partial charge in [-0.1, -0.05) is 36.4 Å². The van der Waals surface area contributed by atoms with Gasteiger partial charge in [-0.05, 0) is 42.3 Å². The molecule has 7 heteroatoms. The minimum atomic E-state index is -0.175. The molecule has 1 N–H and O–H groups in total. The maximum Gasteiger partial charge on any atom is 0.229 e. The normalized spacial score (nSPS) is 19.1. The average Bonchev–Trinajstić information content (AvgIpc) is 2.93. The highest BCUT2D eigenvalue weighted by Gasteiger charge is 2.41. The van der Waals surface area contributed by atoms with E-state index in [1.165, 1.54) is 11.3 Å². The average molecular weight is 488 g/mol. The lowest BCUT2D eigenvalue weighted by atomic mass is 9.83. The lowest BCUT2D eigenvalue weighted by Gasteiger charge is -2.49. The summed E-state index contributed by atoms with van der Waals surface area (Å²) in [6.07, 6.45) is 0.713. The van der Waals surface area contributed by atoms with Gasteiger partial charge in [-0.2, -0.15) is 0 Å². The molecule has 0 radical (unpaired) electrons. The minimum Gasteiger partial charge on any atom is -0.493 e. The summed E-state index contributed by atoms with van der Waals surface area (Å²) in [4.78, 5) is 18.5. The summed E-state index contributed by atoms with van der Waals surface area (Å²) in [6.45, 7) is 4.08. The molecular formula is C29H33N3O4. The van der Waals surface area contributed by atoms with Crippen LogP contribution in [0.2, 0.25) is 0 Å². The van der Waals surface area contributed by atoms with Crippen LogP contribution in [-0.2, 0) is 11.2 Å². The lowest BCUT2D eigenvalue weighted by Crippen LogP contribution is -2.60. The van der Waals surface area contributed by atoms with Crippen LogP contribution in [0.25, 0.3) is 0 Å². The van der Waals surface area contributed by atoms with Gasteiger partial charge in [0.25, 0.3) is 0 Å². The number of nitrogens with zero attached hydrogens (tertiary/aromatic N) is 2. The molecule has 2 aliphatic rings. The van der Waals surface area contributed by atoms with E-state index in [-0.39, 0.29) is 17.9 Å². The molecule has 1 saturated heterocycles. The Morgan fingerprint density at radius 2 is 1.72 bits per heavy atom. The molecule has 1 fully saturated rings. The van der Waals surface area contributed by atoms with Gasteiger partial charge in [0, 0.05) is 43.6 Å². The third kappa shape index (κ3) is 5.11. The predicted octanol–water partition coefficient (Wildman–Crippen LogP) is 4.08. The molecule has 7 nitrogen and oxygen atoms in total. The van der Waals surface area contributed by atoms with Gasteiger partial charge < -0.3 is 24.4 Å². The number of piperazine rings is 1. The number of rotatable bonds is 8. The first kappa shape index (κ1) is 24.0. The van der Waals surface area contributed by atoms with Crippen molar-refractivity contribution in [2.75, 3.05) is 57.2 Å². The molecule has 2 heterocycles. The maximum atomic E-state index is 13.6. The van der Waals surface area contributed by atoms with E-state index in [4.69, 9.17) is 14.2 Å². The summed E-state index contributed by atoms with van der Waals surface area (Å²) in [5, 5.41) is 3.14. The molecule has 36 heavy (non-hydrogen) atoms. The molecule has 0 aliphatic carbocycles. The predicted molar refractivity (Wildman–Crippen MR) is 141 cm³/mol. The third-order valence-corrected chi connectivity index (χ3v) is 7.12. The number of hydrogen-bond donors (Lipinski definition) is 1. The van der Waals surface area contributed by atoms with Crippen LogP contribution in [0.3, 0.4) is 0 Å². The van der Waals surface area contributed by atoms with E-state index in [9.17, 15) is 4.79 Å². The van der Waals surface area contributed by atoms with Gasteiger partial charge in [0.15, 0.2) is 11.5 Å². The van der Waals surface area contributed by atoms with Gasteiger partial charge in [0.1, 0.15) is 12.4 Å². The zero-order valence-electron chi connectivity index (χ0n) is 20.9. The number of nitrogens with one attached hydrogen (secondary N) is 1. The summed E-state index contributed by atoms with van der Waals surface area (Å²) in [7, 11) is 3.20. The molecule has 188 valence electrons. The molecular weight excluding hydrogens is 454 g/mol. The number of para-hydroxylation sites is 2. The fraction of sp³-hybridized carbons (Fsp3) is 0.345. The van der Waals surface area contributed by atoms with Crippen molar-refractivity contribution >= 4 is 17.3 Å². The molecule has 1 amide bonds. The Morgan fingerprint density at radius 1 is 0.944 bits per heavy atom. The molecule has 3 aromatic rings. The van der Waals surface area contributed by atoms with E-state index in [2.05, 4.69) is 39.4 Å². The van der Waals surface area contributed by atoms with Crippen LogP contribution in [0, 0.1) is 5.92 Å². The van der Waals surface area contributed by atoms with Crippen molar-refractivity contribution in [3.05, 3.63) is 78.4 Å². The van der Waals surface area contributed by atoms with Gasteiger partial charge in [-0.25, -0.2) is 0 Å². The molecule has 0 unspecified atom stereocenters. The van der Waals surface area contributed by atoms with Crippen LogP contribution in [0.15, 0.2) is 72.8 Å². The van der Waals surface area contributed by atoms with Crippen molar-refractivity contribution < 1.29 is 19.0 Å². The second kappa shape index (κ2) is 10.9. The van der Waals surface area contributed by atoms with Crippen LogP contribution in [0.1, 0.15) is 5.56 Å². The maximum absolute atomic E-state index is 13.6. The first-order valence-corrected chi connectivity index (χ1v) is 12.4. The summed E-state index contributed by atoms with van der Waals surface area (Å²) in [6, 6.07) is 23.9. The van der Waals surface area contributed by atoms with Gasteiger partial charge in [-0.15, -0.1) is 0 Å². The van der Waals surface area contributed by atoms with Crippen molar-refractivity contribution in [3.8, 4) is 17.2 Å². The Balaban J connectivity index is 1.31. The van der Waals surface area contributed by atoms with E-state index in [1.54, 1.807) is 20.3 Å². The second-order valence-electron chi connectivity index (χ2n) is 9.22. The van der Waals surface area contributed by atoms with Crippen LogP contribution < -0.4 is 24.4 Å². The van der Waals surface area contributed by atoms with Gasteiger partial charge in [0.2, 0.25) is 5.91 Å². The van der Waals surface area contributed by atoms with E-state index >= 15 is 0 Å². The topological polar surface area (TPSA) is 63.3 Å². The third-order valence-electron chi connectivity index (χ3n) is 7.12. The van der Waals surface area contributed by atoms with E-state index in [0.717, 1.165) is 31.9 Å². The van der Waals surface area contributed by atoms with Crippen molar-refractivity contribution in [2.24, 2.45) is 5.92 Å². The summed E-state index contributed by atoms with van der Waals surface area (Å²) in [5.41, 5.74) is 3.17. The smallest absolute Gasteiger partial charge is 0.229 e. The number of anilines is 2. The Morgan fingerprint density at radius 3 is 2.53 bits per heavy atom.